The molecule has 0 radical (unpaired) electrons. The first-order valence-corrected chi connectivity index (χ1v) is 7.29. The fourth-order valence-electron chi connectivity index (χ4n) is 2.04. The molecule has 0 aliphatic rings. The Kier molecular flexibility index (Phi) is 3.69. The van der Waals surface area contributed by atoms with E-state index in [0.717, 1.165) is 22.8 Å². The zero-order valence-corrected chi connectivity index (χ0v) is 12.3. The minimum atomic E-state index is -4.35. The number of thiazole rings is 1. The van der Waals surface area contributed by atoms with E-state index in [2.05, 4.69) is 15.1 Å². The van der Waals surface area contributed by atoms with Crippen LogP contribution in [0.5, 0.6) is 0 Å². The van der Waals surface area contributed by atoms with Gasteiger partial charge in [0.25, 0.3) is 0 Å². The summed E-state index contributed by atoms with van der Waals surface area (Å²) in [6, 6.07) is 4.84. The van der Waals surface area contributed by atoms with Gasteiger partial charge in [0.15, 0.2) is 0 Å². The van der Waals surface area contributed by atoms with Crippen molar-refractivity contribution in [2.24, 2.45) is 0 Å². The summed E-state index contributed by atoms with van der Waals surface area (Å²) in [6.45, 7) is 1.91. The highest BCUT2D eigenvalue weighted by molar-refractivity contribution is 7.09. The van der Waals surface area contributed by atoms with E-state index in [4.69, 9.17) is 0 Å². The topological polar surface area (TPSA) is 43.6 Å². The van der Waals surface area contributed by atoms with Crippen molar-refractivity contribution in [3.63, 3.8) is 0 Å². The van der Waals surface area contributed by atoms with E-state index in [1.807, 2.05) is 12.3 Å². The Labute approximate surface area is 128 Å². The largest absolute Gasteiger partial charge is 0.416 e. The highest BCUT2D eigenvalue weighted by atomic mass is 32.1. The molecule has 114 valence electrons. The Morgan fingerprint density at radius 3 is 2.50 bits per heavy atom. The monoisotopic (exact) mass is 324 g/mol. The predicted octanol–water partition coefficient (Wildman–Crippen LogP) is 3.64. The zero-order valence-electron chi connectivity index (χ0n) is 11.5. The number of benzene rings is 1. The van der Waals surface area contributed by atoms with Crippen LogP contribution in [0.1, 0.15) is 22.1 Å². The van der Waals surface area contributed by atoms with Crippen molar-refractivity contribution in [2.75, 3.05) is 0 Å². The molecule has 0 bridgehead atoms. The van der Waals surface area contributed by atoms with Gasteiger partial charge in [0.05, 0.1) is 28.4 Å². The van der Waals surface area contributed by atoms with Gasteiger partial charge in [0.2, 0.25) is 0 Å². The number of nitrogens with zero attached hydrogens (tertiary/aromatic N) is 4. The number of halogens is 3. The first-order valence-electron chi connectivity index (χ1n) is 6.41. The van der Waals surface area contributed by atoms with Crippen molar-refractivity contribution in [1.82, 2.24) is 19.7 Å². The molecule has 2 heterocycles. The van der Waals surface area contributed by atoms with Crippen molar-refractivity contribution in [2.45, 2.75) is 19.5 Å². The lowest BCUT2D eigenvalue weighted by molar-refractivity contribution is -0.137. The Hall–Kier alpha value is -2.22. The third-order valence-electron chi connectivity index (χ3n) is 3.06. The first kappa shape index (κ1) is 14.7. The van der Waals surface area contributed by atoms with Gasteiger partial charge in [-0.3, -0.25) is 0 Å². The van der Waals surface area contributed by atoms with E-state index in [1.54, 1.807) is 0 Å². The van der Waals surface area contributed by atoms with Gasteiger partial charge in [-0.05, 0) is 31.2 Å². The molecule has 0 N–H and O–H groups in total. The molecule has 0 unspecified atom stereocenters. The van der Waals surface area contributed by atoms with Crippen LogP contribution in [0.15, 0.2) is 36.0 Å². The third kappa shape index (κ3) is 3.01. The number of aromatic nitrogens is 4. The maximum absolute atomic E-state index is 12.6. The molecule has 4 nitrogen and oxygen atoms in total. The number of alkyl halides is 3. The van der Waals surface area contributed by atoms with Crippen LogP contribution in [0.4, 0.5) is 13.2 Å². The third-order valence-corrected chi connectivity index (χ3v) is 3.89. The fourth-order valence-corrected chi connectivity index (χ4v) is 2.66. The number of rotatable bonds is 3. The molecule has 0 fully saturated rings. The maximum Gasteiger partial charge on any atom is 0.416 e. The lowest BCUT2D eigenvalue weighted by Crippen LogP contribution is -2.07. The van der Waals surface area contributed by atoms with Crippen LogP contribution in [0.25, 0.3) is 5.69 Å². The van der Waals surface area contributed by atoms with Gasteiger partial charge >= 0.3 is 6.18 Å². The summed E-state index contributed by atoms with van der Waals surface area (Å²) < 4.78 is 39.3. The summed E-state index contributed by atoms with van der Waals surface area (Å²) in [5.41, 5.74) is 0.712. The summed E-state index contributed by atoms with van der Waals surface area (Å²) in [7, 11) is 0. The molecule has 3 rings (SSSR count). The molecule has 3 aromatic rings. The summed E-state index contributed by atoms with van der Waals surface area (Å²) in [6.07, 6.45) is -2.49. The Morgan fingerprint density at radius 1 is 1.18 bits per heavy atom. The number of hydrogen-bond acceptors (Lipinski definition) is 4. The molecule has 0 spiro atoms. The van der Waals surface area contributed by atoms with E-state index >= 15 is 0 Å². The minimum absolute atomic E-state index is 0.478. The van der Waals surface area contributed by atoms with Crippen LogP contribution in [0, 0.1) is 6.92 Å². The van der Waals surface area contributed by atoms with Gasteiger partial charge in [0.1, 0.15) is 12.2 Å². The Bertz CT molecular complexity index is 774. The van der Waals surface area contributed by atoms with Crippen LogP contribution in [-0.2, 0) is 12.6 Å². The lowest BCUT2D eigenvalue weighted by Gasteiger charge is -2.09. The van der Waals surface area contributed by atoms with Crippen molar-refractivity contribution in [3.05, 3.63) is 58.1 Å². The molecule has 1 aromatic carbocycles. The van der Waals surface area contributed by atoms with Crippen LogP contribution in [0.3, 0.4) is 0 Å². The standard InChI is InChI=1S/C14H11F3N4S/c1-9-20-11(7-22-9)6-13-18-8-19-21(13)12-4-2-10(3-5-12)14(15,16)17/h2-5,7-8H,6H2,1H3. The number of hydrogen-bond donors (Lipinski definition) is 0. The van der Waals surface area contributed by atoms with Crippen LogP contribution < -0.4 is 0 Å². The average Bonchev–Trinajstić information content (AvgIpc) is 3.08. The van der Waals surface area contributed by atoms with Gasteiger partial charge in [-0.1, -0.05) is 0 Å². The maximum atomic E-state index is 12.6. The molecule has 2 aromatic heterocycles. The van der Waals surface area contributed by atoms with Crippen molar-refractivity contribution < 1.29 is 13.2 Å². The Morgan fingerprint density at radius 2 is 1.91 bits per heavy atom. The second-order valence-electron chi connectivity index (χ2n) is 4.67. The smallest absolute Gasteiger partial charge is 0.246 e. The second kappa shape index (κ2) is 5.53. The van der Waals surface area contributed by atoms with Gasteiger partial charge < -0.3 is 0 Å². The highest BCUT2D eigenvalue weighted by Gasteiger charge is 2.30. The van der Waals surface area contributed by atoms with Crippen LogP contribution in [0.2, 0.25) is 0 Å². The SMILES string of the molecule is Cc1nc(Cc2ncnn2-c2ccc(C(F)(F)F)cc2)cs1. The minimum Gasteiger partial charge on any atom is -0.246 e. The Balaban J connectivity index is 1.88. The van der Waals surface area contributed by atoms with Gasteiger partial charge in [-0.2, -0.15) is 18.3 Å². The summed E-state index contributed by atoms with van der Waals surface area (Å²) in [4.78, 5) is 8.52. The van der Waals surface area contributed by atoms with Crippen molar-refractivity contribution in [1.29, 1.82) is 0 Å². The molecule has 0 amide bonds. The fraction of sp³-hybridized carbons (Fsp3) is 0.214. The molecular formula is C14H11F3N4S. The van der Waals surface area contributed by atoms with Gasteiger partial charge in [-0.25, -0.2) is 14.6 Å². The molecule has 0 aliphatic heterocycles. The lowest BCUT2D eigenvalue weighted by atomic mass is 10.2. The van der Waals surface area contributed by atoms with E-state index < -0.39 is 11.7 Å². The normalized spacial score (nSPS) is 11.8. The molecular weight excluding hydrogens is 313 g/mol. The second-order valence-corrected chi connectivity index (χ2v) is 5.73. The van der Waals surface area contributed by atoms with Gasteiger partial charge in [-0.15, -0.1) is 11.3 Å². The molecule has 0 atom stereocenters. The van der Waals surface area contributed by atoms with Crippen molar-refractivity contribution >= 4 is 11.3 Å². The van der Waals surface area contributed by atoms with E-state index in [-0.39, 0.29) is 0 Å². The van der Waals surface area contributed by atoms with E-state index in [0.29, 0.717) is 17.9 Å². The quantitative estimate of drug-likeness (QED) is 0.739. The molecule has 0 aliphatic carbocycles. The highest BCUT2D eigenvalue weighted by Crippen LogP contribution is 2.29. The van der Waals surface area contributed by atoms with Crippen LogP contribution in [-0.4, -0.2) is 19.7 Å². The summed E-state index contributed by atoms with van der Waals surface area (Å²) >= 11 is 1.54. The summed E-state index contributed by atoms with van der Waals surface area (Å²) in [5, 5.41) is 6.97. The zero-order chi connectivity index (χ0) is 15.7. The van der Waals surface area contributed by atoms with Crippen molar-refractivity contribution in [3.8, 4) is 5.69 Å². The molecule has 22 heavy (non-hydrogen) atoms. The van der Waals surface area contributed by atoms with Gasteiger partial charge in [0, 0.05) is 5.38 Å². The first-order chi connectivity index (χ1) is 10.4. The van der Waals surface area contributed by atoms with Crippen LogP contribution >= 0.6 is 11.3 Å². The average molecular weight is 324 g/mol. The molecule has 0 saturated carbocycles. The molecule has 0 saturated heterocycles. The number of aryl methyl sites for hydroxylation is 1. The summed E-state index contributed by atoms with van der Waals surface area (Å²) in [5.74, 6) is 0.630. The predicted molar refractivity (Wildman–Crippen MR) is 76.0 cm³/mol. The molecule has 8 heteroatoms. The van der Waals surface area contributed by atoms with E-state index in [1.165, 1.54) is 34.5 Å². The van der Waals surface area contributed by atoms with E-state index in [9.17, 15) is 13.2 Å².